The second-order valence-electron chi connectivity index (χ2n) is 1.94. The smallest absolute Gasteiger partial charge is 1.00 e. The zero-order chi connectivity index (χ0) is 7.44. The number of hydrogen-bond acceptors (Lipinski definition) is 3. The van der Waals surface area contributed by atoms with Gasteiger partial charge in [-0.25, -0.2) is 4.79 Å². The normalized spacial score (nSPS) is 15.1. The molecule has 2 N–H and O–H groups in total. The van der Waals surface area contributed by atoms with E-state index in [4.69, 9.17) is 10.2 Å². The number of aliphatic hydroxyl groups excluding tert-OH is 1. The predicted molar refractivity (Wildman–Crippen MR) is 44.7 cm³/mol. The molecule has 0 saturated carbocycles. The third kappa shape index (κ3) is 7.15. The Hall–Kier alpha value is 1.04. The third-order valence-corrected chi connectivity index (χ3v) is 1.06. The zero-order valence-electron chi connectivity index (χ0n) is 7.82. The molecule has 0 amide bonds. The molecule has 0 saturated heterocycles. The van der Waals surface area contributed by atoms with E-state index in [9.17, 15) is 4.79 Å². The standard InChI is InChI=1S/C5H10O3S.Ca.2H/c1-3(9)2-4(6)5(7)8;;;/h3-4,6,9H,2H2,1H3,(H,7,8);;;/q;+2;2*-1. The maximum absolute atomic E-state index is 9.95. The Kier molecular flexibility index (Phi) is 9.17. The van der Waals surface area contributed by atoms with Crippen LogP contribution in [0.25, 0.3) is 0 Å². The first-order chi connectivity index (χ1) is 4.04. The van der Waals surface area contributed by atoms with Crippen molar-refractivity contribution in [2.24, 2.45) is 0 Å². The van der Waals surface area contributed by atoms with Crippen molar-refractivity contribution in [3.05, 3.63) is 0 Å². The van der Waals surface area contributed by atoms with Gasteiger partial charge in [-0.15, -0.1) is 0 Å². The number of carbonyl (C=O) groups is 1. The average Bonchev–Trinajstić information content (AvgIpc) is 1.63. The van der Waals surface area contributed by atoms with E-state index in [0.717, 1.165) is 0 Å². The summed E-state index contributed by atoms with van der Waals surface area (Å²) in [5, 5.41) is 16.7. The molecule has 58 valence electrons. The van der Waals surface area contributed by atoms with Gasteiger partial charge in [0.2, 0.25) is 0 Å². The van der Waals surface area contributed by atoms with E-state index in [1.807, 2.05) is 0 Å². The summed E-state index contributed by atoms with van der Waals surface area (Å²) in [5.41, 5.74) is 0. The first-order valence-electron chi connectivity index (χ1n) is 2.63. The Morgan fingerprint density at radius 1 is 1.80 bits per heavy atom. The Morgan fingerprint density at radius 3 is 2.30 bits per heavy atom. The molecule has 0 radical (unpaired) electrons. The van der Waals surface area contributed by atoms with Crippen molar-refractivity contribution in [2.45, 2.75) is 24.7 Å². The molecule has 0 aliphatic heterocycles. The molecule has 2 unspecified atom stereocenters. The molecule has 2 atom stereocenters. The van der Waals surface area contributed by atoms with Crippen molar-refractivity contribution in [2.75, 3.05) is 0 Å². The van der Waals surface area contributed by atoms with Crippen LogP contribution in [-0.4, -0.2) is 65.3 Å². The van der Waals surface area contributed by atoms with E-state index in [1.165, 1.54) is 0 Å². The third-order valence-electron chi connectivity index (χ3n) is 0.849. The van der Waals surface area contributed by atoms with Gasteiger partial charge in [0.15, 0.2) is 6.10 Å². The van der Waals surface area contributed by atoms with E-state index < -0.39 is 12.1 Å². The molecule has 0 spiro atoms. The van der Waals surface area contributed by atoms with Crippen LogP contribution in [0.4, 0.5) is 0 Å². The average molecular weight is 192 g/mol. The van der Waals surface area contributed by atoms with Crippen molar-refractivity contribution in [1.29, 1.82) is 0 Å². The molecule has 0 bridgehead atoms. The molecule has 0 fully saturated rings. The van der Waals surface area contributed by atoms with Crippen molar-refractivity contribution < 1.29 is 17.9 Å². The minimum absolute atomic E-state index is 0. The number of carboxylic acid groups (broad SMARTS) is 1. The topological polar surface area (TPSA) is 57.5 Å². The zero-order valence-corrected chi connectivity index (χ0v) is 8.92. The van der Waals surface area contributed by atoms with Gasteiger partial charge in [-0.1, -0.05) is 6.92 Å². The number of aliphatic carboxylic acids is 1. The van der Waals surface area contributed by atoms with Crippen LogP contribution in [0.5, 0.6) is 0 Å². The SMILES string of the molecule is CC(S)CC(O)C(=O)O.[Ca+2].[H-].[H-]. The number of carboxylic acids is 1. The van der Waals surface area contributed by atoms with Gasteiger partial charge in [0, 0.05) is 5.25 Å². The fourth-order valence-corrected chi connectivity index (χ4v) is 0.624. The number of aliphatic hydroxyl groups is 1. The minimum atomic E-state index is -1.27. The van der Waals surface area contributed by atoms with Gasteiger partial charge in [0.1, 0.15) is 0 Å². The fourth-order valence-electron chi connectivity index (χ4n) is 0.424. The summed E-state index contributed by atoms with van der Waals surface area (Å²) in [6, 6.07) is 0. The van der Waals surface area contributed by atoms with Gasteiger partial charge >= 0.3 is 43.7 Å². The molecule has 0 aromatic carbocycles. The van der Waals surface area contributed by atoms with Gasteiger partial charge in [0.25, 0.3) is 0 Å². The predicted octanol–water partition coefficient (Wildman–Crippen LogP) is -0.0155. The molecule has 0 aliphatic rings. The summed E-state index contributed by atoms with van der Waals surface area (Å²) in [5.74, 6) is -1.18. The summed E-state index contributed by atoms with van der Waals surface area (Å²) < 4.78 is 0. The van der Waals surface area contributed by atoms with Gasteiger partial charge in [-0.05, 0) is 6.42 Å². The molecule has 0 aromatic rings. The Bertz CT molecular complexity index is 115. The van der Waals surface area contributed by atoms with Crippen LogP contribution >= 0.6 is 12.6 Å². The summed E-state index contributed by atoms with van der Waals surface area (Å²) >= 11 is 3.91. The van der Waals surface area contributed by atoms with E-state index in [2.05, 4.69) is 12.6 Å². The maximum atomic E-state index is 9.95. The number of thiol groups is 1. The van der Waals surface area contributed by atoms with Crippen LogP contribution in [0.3, 0.4) is 0 Å². The van der Waals surface area contributed by atoms with Gasteiger partial charge in [0.05, 0.1) is 0 Å². The summed E-state index contributed by atoms with van der Waals surface area (Å²) in [6.45, 7) is 1.73. The Balaban J connectivity index is -0.000000107. The minimum Gasteiger partial charge on any atom is -1.00 e. The molecular formula is C5H12CaO3S. The molecule has 0 aliphatic carbocycles. The van der Waals surface area contributed by atoms with E-state index in [-0.39, 0.29) is 52.3 Å². The number of rotatable bonds is 3. The molecule has 0 heterocycles. The van der Waals surface area contributed by atoms with Gasteiger partial charge in [-0.3, -0.25) is 0 Å². The first kappa shape index (κ1) is 13.6. The molecule has 0 rings (SSSR count). The second kappa shape index (κ2) is 6.73. The van der Waals surface area contributed by atoms with Crippen LogP contribution in [0.2, 0.25) is 0 Å². The Labute approximate surface area is 98.2 Å². The monoisotopic (exact) mass is 192 g/mol. The molecule has 10 heavy (non-hydrogen) atoms. The number of hydrogen-bond donors (Lipinski definition) is 3. The second-order valence-corrected chi connectivity index (χ2v) is 2.82. The summed E-state index contributed by atoms with van der Waals surface area (Å²) in [7, 11) is 0. The molecule has 3 nitrogen and oxygen atoms in total. The van der Waals surface area contributed by atoms with Crippen molar-refractivity contribution in [3.8, 4) is 0 Å². The van der Waals surface area contributed by atoms with Crippen molar-refractivity contribution in [3.63, 3.8) is 0 Å². The van der Waals surface area contributed by atoms with Crippen LogP contribution in [-0.2, 0) is 4.79 Å². The maximum Gasteiger partial charge on any atom is 2.00 e. The van der Waals surface area contributed by atoms with E-state index in [1.54, 1.807) is 6.92 Å². The first-order valence-corrected chi connectivity index (χ1v) is 3.14. The van der Waals surface area contributed by atoms with Crippen LogP contribution < -0.4 is 0 Å². The molecule has 0 aromatic heterocycles. The fraction of sp³-hybridized carbons (Fsp3) is 0.800. The van der Waals surface area contributed by atoms with Crippen LogP contribution in [0.15, 0.2) is 0 Å². The largest absolute Gasteiger partial charge is 2.00 e. The van der Waals surface area contributed by atoms with Crippen LogP contribution in [0.1, 0.15) is 16.2 Å². The van der Waals surface area contributed by atoms with Crippen molar-refractivity contribution >= 4 is 56.3 Å². The molecular weight excluding hydrogens is 180 g/mol. The Morgan fingerprint density at radius 2 is 2.20 bits per heavy atom. The summed E-state index contributed by atoms with van der Waals surface area (Å²) in [4.78, 5) is 9.95. The molecule has 5 heteroatoms. The quantitative estimate of drug-likeness (QED) is 0.435. The summed E-state index contributed by atoms with van der Waals surface area (Å²) in [6.07, 6.45) is -1.07. The van der Waals surface area contributed by atoms with Crippen molar-refractivity contribution in [1.82, 2.24) is 0 Å². The van der Waals surface area contributed by atoms with E-state index >= 15 is 0 Å². The van der Waals surface area contributed by atoms with Gasteiger partial charge < -0.3 is 13.1 Å². The van der Waals surface area contributed by atoms with Gasteiger partial charge in [-0.2, -0.15) is 12.6 Å². The van der Waals surface area contributed by atoms with E-state index in [0.29, 0.717) is 0 Å². The van der Waals surface area contributed by atoms with Crippen LogP contribution in [0, 0.1) is 0 Å².